The molecule has 4 rings (SSSR count). The molecule has 30 heavy (non-hydrogen) atoms. The van der Waals surface area contributed by atoms with E-state index >= 15 is 0 Å². The molecule has 0 saturated carbocycles. The van der Waals surface area contributed by atoms with Gasteiger partial charge in [-0.05, 0) is 48.2 Å². The van der Waals surface area contributed by atoms with Crippen LogP contribution in [0.2, 0.25) is 10.0 Å². The van der Waals surface area contributed by atoms with Crippen LogP contribution in [0.3, 0.4) is 0 Å². The van der Waals surface area contributed by atoms with Crippen molar-refractivity contribution >= 4 is 63.5 Å². The molecule has 2 aliphatic rings. The lowest BCUT2D eigenvalue weighted by molar-refractivity contribution is -0.115. The first-order valence-electron chi connectivity index (χ1n) is 9.29. The van der Waals surface area contributed by atoms with E-state index in [4.69, 9.17) is 32.7 Å². The lowest BCUT2D eigenvalue weighted by atomic mass is 10.1. The number of morpholine rings is 1. The van der Waals surface area contributed by atoms with Gasteiger partial charge in [0.15, 0.2) is 5.17 Å². The number of amidine groups is 1. The largest absolute Gasteiger partial charge is 0.496 e. The highest BCUT2D eigenvalue weighted by Crippen LogP contribution is 2.33. The zero-order valence-electron chi connectivity index (χ0n) is 16.2. The van der Waals surface area contributed by atoms with Crippen LogP contribution in [0.5, 0.6) is 5.75 Å². The molecule has 0 aliphatic carbocycles. The van der Waals surface area contributed by atoms with Crippen LogP contribution in [-0.2, 0) is 9.53 Å². The van der Waals surface area contributed by atoms with Crippen LogP contribution >= 0.6 is 35.0 Å². The Kier molecular flexibility index (Phi) is 6.53. The Balaban J connectivity index is 1.56. The summed E-state index contributed by atoms with van der Waals surface area (Å²) in [5.74, 6) is 0.493. The SMILES string of the molecule is COc1cc(N2CCOCC2)ccc1/C=C1\SC(=Nc2ccc(Cl)c(Cl)c2)NC1=O. The number of hydrogen-bond donors (Lipinski definition) is 1. The quantitative estimate of drug-likeness (QED) is 0.663. The minimum absolute atomic E-state index is 0.210. The summed E-state index contributed by atoms with van der Waals surface area (Å²) in [5, 5.41) is 4.12. The molecule has 0 aromatic heterocycles. The second-order valence-corrected chi connectivity index (χ2v) is 8.45. The molecule has 0 spiro atoms. The molecule has 2 heterocycles. The average Bonchev–Trinajstić information content (AvgIpc) is 3.10. The Bertz CT molecular complexity index is 1040. The lowest BCUT2D eigenvalue weighted by Gasteiger charge is -2.29. The summed E-state index contributed by atoms with van der Waals surface area (Å²) in [6, 6.07) is 11.0. The van der Waals surface area contributed by atoms with Gasteiger partial charge in [0.2, 0.25) is 0 Å². The van der Waals surface area contributed by atoms with Crippen molar-refractivity contribution in [2.45, 2.75) is 0 Å². The molecular weight excluding hydrogens is 445 g/mol. The van der Waals surface area contributed by atoms with Gasteiger partial charge in [-0.25, -0.2) is 4.99 Å². The van der Waals surface area contributed by atoms with Gasteiger partial charge in [-0.15, -0.1) is 0 Å². The van der Waals surface area contributed by atoms with E-state index in [2.05, 4.69) is 15.2 Å². The van der Waals surface area contributed by atoms with Gasteiger partial charge in [0.25, 0.3) is 5.91 Å². The third-order valence-corrected chi connectivity index (χ3v) is 6.31. The monoisotopic (exact) mass is 463 g/mol. The molecular formula is C21H19Cl2N3O3S. The molecule has 156 valence electrons. The van der Waals surface area contributed by atoms with Crippen molar-refractivity contribution in [2.75, 3.05) is 38.3 Å². The molecule has 1 amide bonds. The Morgan fingerprint density at radius 2 is 1.97 bits per heavy atom. The highest BCUT2D eigenvalue weighted by Gasteiger charge is 2.24. The smallest absolute Gasteiger partial charge is 0.264 e. The summed E-state index contributed by atoms with van der Waals surface area (Å²) < 4.78 is 11.0. The number of aliphatic imine (C=N–C) groups is 1. The van der Waals surface area contributed by atoms with Crippen molar-refractivity contribution in [3.8, 4) is 5.75 Å². The van der Waals surface area contributed by atoms with Gasteiger partial charge in [-0.3, -0.25) is 4.79 Å². The second kappa shape index (κ2) is 9.31. The van der Waals surface area contributed by atoms with Crippen LogP contribution in [0.1, 0.15) is 5.56 Å². The molecule has 0 unspecified atom stereocenters. The van der Waals surface area contributed by atoms with Gasteiger partial charge >= 0.3 is 0 Å². The van der Waals surface area contributed by atoms with E-state index in [-0.39, 0.29) is 5.91 Å². The molecule has 2 fully saturated rings. The number of anilines is 1. The number of ether oxygens (including phenoxy) is 2. The molecule has 0 bridgehead atoms. The fourth-order valence-corrected chi connectivity index (χ4v) is 4.26. The number of carbonyl (C=O) groups is 1. The van der Waals surface area contributed by atoms with E-state index in [0.717, 1.165) is 24.3 Å². The summed E-state index contributed by atoms with van der Waals surface area (Å²) in [6.45, 7) is 3.12. The number of halogens is 2. The molecule has 2 saturated heterocycles. The van der Waals surface area contributed by atoms with E-state index in [9.17, 15) is 4.79 Å². The van der Waals surface area contributed by atoms with Crippen LogP contribution in [0, 0.1) is 0 Å². The number of thioether (sulfide) groups is 1. The summed E-state index contributed by atoms with van der Waals surface area (Å²) in [4.78, 5) is 19.6. The van der Waals surface area contributed by atoms with E-state index in [1.54, 1.807) is 31.4 Å². The maximum absolute atomic E-state index is 12.4. The van der Waals surface area contributed by atoms with Crippen molar-refractivity contribution in [1.29, 1.82) is 0 Å². The maximum Gasteiger partial charge on any atom is 0.264 e. The van der Waals surface area contributed by atoms with Gasteiger partial charge in [0, 0.05) is 30.4 Å². The number of rotatable bonds is 4. The van der Waals surface area contributed by atoms with Crippen LogP contribution in [-0.4, -0.2) is 44.5 Å². The second-order valence-electron chi connectivity index (χ2n) is 6.61. The number of nitrogens with zero attached hydrogens (tertiary/aromatic N) is 2. The normalized spacial score (nSPS) is 19.4. The van der Waals surface area contributed by atoms with E-state index in [0.29, 0.717) is 44.8 Å². The highest BCUT2D eigenvalue weighted by molar-refractivity contribution is 8.18. The van der Waals surface area contributed by atoms with Gasteiger partial charge in [-0.2, -0.15) is 0 Å². The van der Waals surface area contributed by atoms with Crippen LogP contribution in [0.25, 0.3) is 6.08 Å². The highest BCUT2D eigenvalue weighted by atomic mass is 35.5. The predicted molar refractivity (Wildman–Crippen MR) is 123 cm³/mol. The Morgan fingerprint density at radius 1 is 1.17 bits per heavy atom. The first-order valence-corrected chi connectivity index (χ1v) is 10.9. The third-order valence-electron chi connectivity index (χ3n) is 4.66. The molecule has 2 aromatic rings. The van der Waals surface area contributed by atoms with Gasteiger partial charge in [-0.1, -0.05) is 23.2 Å². The summed E-state index contributed by atoms with van der Waals surface area (Å²) in [6.07, 6.45) is 1.80. The zero-order valence-corrected chi connectivity index (χ0v) is 18.5. The van der Waals surface area contributed by atoms with Gasteiger partial charge < -0.3 is 19.7 Å². The van der Waals surface area contributed by atoms with Crippen molar-refractivity contribution < 1.29 is 14.3 Å². The minimum atomic E-state index is -0.210. The molecule has 0 atom stereocenters. The summed E-state index contributed by atoms with van der Waals surface area (Å²) in [7, 11) is 1.62. The number of benzene rings is 2. The molecule has 9 heteroatoms. The fraction of sp³-hybridized carbons (Fsp3) is 0.238. The third kappa shape index (κ3) is 4.75. The standard InChI is InChI=1S/C21H19Cl2N3O3S/c1-28-18-12-15(26-6-8-29-9-7-26)4-2-13(18)10-19-20(27)25-21(30-19)24-14-3-5-16(22)17(23)11-14/h2-5,10-12H,6-9H2,1H3,(H,24,25,27)/b19-10-. The van der Waals surface area contributed by atoms with E-state index < -0.39 is 0 Å². The van der Waals surface area contributed by atoms with E-state index in [1.165, 1.54) is 11.8 Å². The Hall–Kier alpha value is -2.19. The van der Waals surface area contributed by atoms with E-state index in [1.807, 2.05) is 18.2 Å². The summed E-state index contributed by atoms with van der Waals surface area (Å²) >= 11 is 13.2. The number of amides is 1. The predicted octanol–water partition coefficient (Wildman–Crippen LogP) is 4.73. The first kappa shape index (κ1) is 21.1. The van der Waals surface area contributed by atoms with Crippen molar-refractivity contribution in [3.05, 3.63) is 56.9 Å². The van der Waals surface area contributed by atoms with Crippen molar-refractivity contribution in [1.82, 2.24) is 5.32 Å². The number of methoxy groups -OCH3 is 1. The molecule has 2 aliphatic heterocycles. The van der Waals surface area contributed by atoms with Crippen LogP contribution in [0.15, 0.2) is 46.3 Å². The Labute approximate surface area is 188 Å². The Morgan fingerprint density at radius 3 is 2.70 bits per heavy atom. The first-order chi connectivity index (χ1) is 14.5. The molecule has 0 radical (unpaired) electrons. The van der Waals surface area contributed by atoms with Crippen LogP contribution < -0.4 is 15.0 Å². The van der Waals surface area contributed by atoms with Crippen LogP contribution in [0.4, 0.5) is 11.4 Å². The fourth-order valence-electron chi connectivity index (χ4n) is 3.13. The number of hydrogen-bond acceptors (Lipinski definition) is 6. The lowest BCUT2D eigenvalue weighted by Crippen LogP contribution is -2.36. The number of nitrogens with one attached hydrogen (secondary N) is 1. The summed E-state index contributed by atoms with van der Waals surface area (Å²) in [5.41, 5.74) is 2.51. The number of carbonyl (C=O) groups excluding carboxylic acids is 1. The molecule has 2 aromatic carbocycles. The van der Waals surface area contributed by atoms with Crippen molar-refractivity contribution in [2.24, 2.45) is 4.99 Å². The average molecular weight is 464 g/mol. The van der Waals surface area contributed by atoms with Gasteiger partial charge in [0.05, 0.1) is 41.0 Å². The van der Waals surface area contributed by atoms with Gasteiger partial charge in [0.1, 0.15) is 5.75 Å². The van der Waals surface area contributed by atoms with Crippen molar-refractivity contribution in [3.63, 3.8) is 0 Å². The minimum Gasteiger partial charge on any atom is -0.496 e. The molecule has 6 nitrogen and oxygen atoms in total. The maximum atomic E-state index is 12.4. The molecule has 1 N–H and O–H groups in total. The zero-order chi connectivity index (χ0) is 21.1. The topological polar surface area (TPSA) is 63.2 Å².